The second kappa shape index (κ2) is 16.0. The van der Waals surface area contributed by atoms with E-state index in [0.29, 0.717) is 25.9 Å². The van der Waals surface area contributed by atoms with Gasteiger partial charge in [0.2, 0.25) is 11.8 Å². The molecule has 2 aromatic carbocycles. The maximum atomic E-state index is 14.3. The van der Waals surface area contributed by atoms with Crippen molar-refractivity contribution in [2.45, 2.75) is 98.4 Å². The number of aryl methyl sites for hydroxylation is 1. The number of rotatable bonds is 11. The number of nitrogens with zero attached hydrogens (tertiary/aromatic N) is 6. The smallest absolute Gasteiger partial charge is 0.410 e. The van der Waals surface area contributed by atoms with Crippen LogP contribution in [0, 0.1) is 18.2 Å². The van der Waals surface area contributed by atoms with Gasteiger partial charge in [-0.15, -0.1) is 5.10 Å². The fourth-order valence-electron chi connectivity index (χ4n) is 6.02. The lowest BCUT2D eigenvalue weighted by atomic mass is 9.85. The molecule has 3 aromatic rings. The molecular weight excluding hydrogens is 653 g/mol. The van der Waals surface area contributed by atoms with E-state index in [1.165, 1.54) is 24.1 Å². The van der Waals surface area contributed by atoms with E-state index < -0.39 is 35.1 Å². The average Bonchev–Trinajstić information content (AvgIpc) is 3.74. The summed E-state index contributed by atoms with van der Waals surface area (Å²) in [5.74, 6) is -1.41. The number of likely N-dealkylation sites (N-methyl/N-ethyl adjacent to an activating group) is 1. The van der Waals surface area contributed by atoms with Gasteiger partial charge in [-0.05, 0) is 94.7 Å². The Morgan fingerprint density at radius 1 is 1.06 bits per heavy atom. The molecule has 1 aliphatic rings. The van der Waals surface area contributed by atoms with Crippen LogP contribution in [0.5, 0.6) is 0 Å². The molecule has 4 rings (SSSR count). The Bertz CT molecular complexity index is 1700. The summed E-state index contributed by atoms with van der Waals surface area (Å²) in [5, 5.41) is 11.3. The first-order valence-electron chi connectivity index (χ1n) is 17.4. The number of likely N-dealkylation sites (tertiary alicyclic amines) is 1. The average molecular weight is 706 g/mol. The summed E-state index contributed by atoms with van der Waals surface area (Å²) in [6.45, 7) is 15.3. The molecule has 0 saturated carbocycles. The van der Waals surface area contributed by atoms with Gasteiger partial charge in [-0.2, -0.15) is 0 Å². The van der Waals surface area contributed by atoms with Crippen molar-refractivity contribution in [2.75, 3.05) is 26.7 Å². The minimum atomic E-state index is -0.906. The van der Waals surface area contributed by atoms with Crippen LogP contribution in [0.3, 0.4) is 0 Å². The van der Waals surface area contributed by atoms with Gasteiger partial charge >= 0.3 is 6.09 Å². The van der Waals surface area contributed by atoms with Crippen LogP contribution in [0.25, 0.3) is 5.69 Å². The monoisotopic (exact) mass is 705 g/mol. The van der Waals surface area contributed by atoms with Crippen molar-refractivity contribution in [2.24, 2.45) is 5.41 Å². The molecule has 1 fully saturated rings. The topological polar surface area (TPSA) is 130 Å². The van der Waals surface area contributed by atoms with Crippen molar-refractivity contribution in [3.05, 3.63) is 77.4 Å². The predicted molar refractivity (Wildman–Crippen MR) is 192 cm³/mol. The largest absolute Gasteiger partial charge is 0.444 e. The summed E-state index contributed by atoms with van der Waals surface area (Å²) in [6.07, 6.45) is 2.79. The molecule has 1 aromatic heterocycles. The molecule has 0 aliphatic carbocycles. The van der Waals surface area contributed by atoms with Gasteiger partial charge in [-0.25, -0.2) is 13.9 Å². The summed E-state index contributed by atoms with van der Waals surface area (Å²) in [7, 11) is 1.49. The molecule has 51 heavy (non-hydrogen) atoms. The van der Waals surface area contributed by atoms with Crippen molar-refractivity contribution >= 4 is 23.8 Å². The number of halogens is 1. The van der Waals surface area contributed by atoms with Crippen LogP contribution < -0.4 is 5.32 Å². The van der Waals surface area contributed by atoms with Crippen LogP contribution >= 0.6 is 0 Å². The minimum Gasteiger partial charge on any atom is -0.444 e. The van der Waals surface area contributed by atoms with Gasteiger partial charge in [-0.1, -0.05) is 50.3 Å². The Morgan fingerprint density at radius 2 is 1.75 bits per heavy atom. The zero-order chi connectivity index (χ0) is 37.7. The molecule has 12 nitrogen and oxygen atoms in total. The van der Waals surface area contributed by atoms with Crippen molar-refractivity contribution in [1.29, 1.82) is 0 Å². The van der Waals surface area contributed by atoms with Gasteiger partial charge in [0, 0.05) is 32.7 Å². The second-order valence-corrected chi connectivity index (χ2v) is 15.4. The molecule has 276 valence electrons. The molecule has 0 spiro atoms. The van der Waals surface area contributed by atoms with Gasteiger partial charge in [0.15, 0.2) is 5.69 Å². The van der Waals surface area contributed by atoms with Gasteiger partial charge in [-0.3, -0.25) is 19.3 Å². The van der Waals surface area contributed by atoms with Crippen molar-refractivity contribution in [3.63, 3.8) is 0 Å². The molecule has 4 amide bonds. The third-order valence-corrected chi connectivity index (χ3v) is 9.11. The molecule has 2 heterocycles. The number of hydrogen-bond donors (Lipinski definition) is 1. The van der Waals surface area contributed by atoms with Crippen LogP contribution in [0.4, 0.5) is 9.18 Å². The van der Waals surface area contributed by atoms with Gasteiger partial charge in [0.1, 0.15) is 23.5 Å². The van der Waals surface area contributed by atoms with Gasteiger partial charge in [0.25, 0.3) is 5.91 Å². The van der Waals surface area contributed by atoms with Gasteiger partial charge in [0.05, 0.1) is 11.9 Å². The third kappa shape index (κ3) is 10.1. The number of para-hydroxylation sites is 1. The predicted octanol–water partition coefficient (Wildman–Crippen LogP) is 5.18. The van der Waals surface area contributed by atoms with E-state index in [0.717, 1.165) is 23.2 Å². The molecule has 0 bridgehead atoms. The van der Waals surface area contributed by atoms with E-state index in [1.54, 1.807) is 54.4 Å². The summed E-state index contributed by atoms with van der Waals surface area (Å²) in [6, 6.07) is 11.8. The van der Waals surface area contributed by atoms with Gasteiger partial charge < -0.3 is 19.9 Å². The van der Waals surface area contributed by atoms with E-state index in [-0.39, 0.29) is 35.9 Å². The number of ether oxygens (including phenoxy) is 1. The normalized spacial score (nSPS) is 16.0. The Kier molecular flexibility index (Phi) is 12.3. The van der Waals surface area contributed by atoms with Crippen molar-refractivity contribution in [1.82, 2.24) is 35.0 Å². The highest BCUT2D eigenvalue weighted by molar-refractivity contribution is 5.93. The number of amides is 4. The molecule has 0 radical (unpaired) electrons. The summed E-state index contributed by atoms with van der Waals surface area (Å²) >= 11 is 0. The first kappa shape index (κ1) is 39.0. The Hall–Kier alpha value is -4.81. The highest BCUT2D eigenvalue weighted by Gasteiger charge is 2.41. The van der Waals surface area contributed by atoms with E-state index in [2.05, 4.69) is 15.6 Å². The van der Waals surface area contributed by atoms with Crippen LogP contribution in [-0.2, 0) is 20.7 Å². The van der Waals surface area contributed by atoms with Crippen LogP contribution in [0.15, 0.2) is 54.7 Å². The lowest BCUT2D eigenvalue weighted by Crippen LogP contribution is -2.59. The highest BCUT2D eigenvalue weighted by atomic mass is 19.1. The fraction of sp³-hybridized carbons (Fsp3) is 0.526. The Balaban J connectivity index is 1.55. The lowest BCUT2D eigenvalue weighted by molar-refractivity contribution is -0.141. The number of carbonyl (C=O) groups is 4. The molecule has 0 unspecified atom stereocenters. The maximum Gasteiger partial charge on any atom is 0.410 e. The number of nitrogens with one attached hydrogen (secondary N) is 1. The Morgan fingerprint density at radius 3 is 2.37 bits per heavy atom. The zero-order valence-electron chi connectivity index (χ0n) is 31.3. The molecule has 13 heteroatoms. The summed E-state index contributed by atoms with van der Waals surface area (Å²) < 4.78 is 20.8. The molecule has 3 atom stereocenters. The van der Waals surface area contributed by atoms with E-state index in [1.807, 2.05) is 58.0 Å². The fourth-order valence-corrected chi connectivity index (χ4v) is 6.02. The number of carbonyl (C=O) groups excluding carboxylic acids is 4. The van der Waals surface area contributed by atoms with E-state index in [9.17, 15) is 23.6 Å². The number of hydrogen-bond acceptors (Lipinski definition) is 7. The standard InChI is InChI=1S/C38H52FN7O5/c1-25-22-28(39)18-17-27(25)19-21-44(34(48)31-24-46(42-41-31)29-14-11-10-12-15-29)23-30-16-13-20-45(30)35(49)32(37(3,4)5)40-33(47)26(2)43(9)36(50)51-38(6,7)8/h10-12,14-15,17-18,22,24,26,30,32H,13,16,19-21,23H2,1-9H3,(H,40,47)/t26-,30-,32+/m0/s1. The van der Waals surface area contributed by atoms with Crippen LogP contribution in [0.2, 0.25) is 0 Å². The third-order valence-electron chi connectivity index (χ3n) is 9.11. The molecular formula is C38H52FN7O5. The lowest BCUT2D eigenvalue weighted by Gasteiger charge is -2.38. The zero-order valence-corrected chi connectivity index (χ0v) is 31.3. The van der Waals surface area contributed by atoms with Crippen molar-refractivity contribution < 1.29 is 28.3 Å². The van der Waals surface area contributed by atoms with Crippen molar-refractivity contribution in [3.8, 4) is 5.69 Å². The van der Waals surface area contributed by atoms with Crippen LogP contribution in [-0.4, -0.2) is 104 Å². The van der Waals surface area contributed by atoms with Crippen LogP contribution in [0.1, 0.15) is 82.9 Å². The summed E-state index contributed by atoms with van der Waals surface area (Å²) in [5.41, 5.74) is 1.20. The van der Waals surface area contributed by atoms with E-state index >= 15 is 0 Å². The van der Waals surface area contributed by atoms with E-state index in [4.69, 9.17) is 4.74 Å². The SMILES string of the molecule is Cc1cc(F)ccc1CCN(C[C@@H]1CCCN1C(=O)[C@@H](NC(=O)[C@H](C)N(C)C(=O)OC(C)(C)C)C(C)(C)C)C(=O)c1cn(-c2ccccc2)nn1. The first-order valence-corrected chi connectivity index (χ1v) is 17.4. The summed E-state index contributed by atoms with van der Waals surface area (Å²) in [4.78, 5) is 59.2. The number of benzene rings is 2. The Labute approximate surface area is 300 Å². The second-order valence-electron chi connectivity index (χ2n) is 15.4. The number of aromatic nitrogens is 3. The molecule has 1 saturated heterocycles. The molecule has 1 aliphatic heterocycles. The minimum absolute atomic E-state index is 0.161. The molecule has 1 N–H and O–H groups in total. The first-order chi connectivity index (χ1) is 23.9. The highest BCUT2D eigenvalue weighted by Crippen LogP contribution is 2.27. The quantitative estimate of drug-likeness (QED) is 0.291. The maximum absolute atomic E-state index is 14.3.